The fraction of sp³-hybridized carbons (Fsp3) is 1.00. The minimum Gasteiger partial charge on any atom is -0.415 e. The van der Waals surface area contributed by atoms with Gasteiger partial charge in [-0.1, -0.05) is 0 Å². The minimum atomic E-state index is -1.89. The van der Waals surface area contributed by atoms with Crippen LogP contribution in [0.4, 0.5) is 0 Å². The average Bonchev–Trinajstić information content (AvgIpc) is 2.47. The summed E-state index contributed by atoms with van der Waals surface area (Å²) < 4.78 is 38.9. The van der Waals surface area contributed by atoms with Gasteiger partial charge in [-0.15, -0.1) is 0 Å². The Labute approximate surface area is 189 Å². The third-order valence-electron chi connectivity index (χ3n) is 4.07. The lowest BCUT2D eigenvalue weighted by Gasteiger charge is -2.50. The highest BCUT2D eigenvalue weighted by Crippen LogP contribution is 2.34. The first kappa shape index (κ1) is 28.7. The van der Waals surface area contributed by atoms with Gasteiger partial charge < -0.3 is 27.2 Å². The van der Waals surface area contributed by atoms with E-state index in [0.29, 0.717) is 13.2 Å². The lowest BCUT2D eigenvalue weighted by atomic mass is 9.99. The molecule has 1 aliphatic heterocycles. The molecule has 0 aromatic carbocycles. The molecule has 0 amide bonds. The Morgan fingerprint density at radius 2 is 1.03 bits per heavy atom. The van der Waals surface area contributed by atoms with Gasteiger partial charge in [0.1, 0.15) is 24.4 Å². The van der Waals surface area contributed by atoms with Crippen molar-refractivity contribution in [1.82, 2.24) is 0 Å². The number of hydrogen-bond donors (Lipinski definition) is 0. The zero-order valence-electron chi connectivity index (χ0n) is 21.8. The standard InChI is InChI=1S/C20H48O6Si4/c1-14-21-20-19(26-30(11,12)13)18(25-29(8,9)10)17(24-28(5,6)7)16(23-20)15-22-27(2,3)4/h16-20H,14-15H2,1-13H3. The van der Waals surface area contributed by atoms with Gasteiger partial charge in [-0.05, 0) is 85.5 Å². The molecule has 1 saturated heterocycles. The van der Waals surface area contributed by atoms with Crippen LogP contribution in [-0.2, 0) is 27.2 Å². The van der Waals surface area contributed by atoms with E-state index < -0.39 is 39.6 Å². The van der Waals surface area contributed by atoms with Crippen LogP contribution in [0, 0.1) is 0 Å². The SMILES string of the molecule is CCOC1OC(CO[Si](C)(C)C)C(O[Si](C)(C)C)C(O[Si](C)(C)C)C1O[Si](C)(C)C. The summed E-state index contributed by atoms with van der Waals surface area (Å²) in [6.07, 6.45) is -1.52. The van der Waals surface area contributed by atoms with Gasteiger partial charge >= 0.3 is 0 Å². The monoisotopic (exact) mass is 496 g/mol. The van der Waals surface area contributed by atoms with Crippen LogP contribution in [0.5, 0.6) is 0 Å². The van der Waals surface area contributed by atoms with Crippen LogP contribution in [-0.4, -0.2) is 77.2 Å². The zero-order chi connectivity index (χ0) is 23.5. The molecule has 10 heteroatoms. The predicted molar refractivity (Wildman–Crippen MR) is 134 cm³/mol. The van der Waals surface area contributed by atoms with E-state index in [2.05, 4.69) is 78.6 Å². The van der Waals surface area contributed by atoms with Crippen LogP contribution in [0.1, 0.15) is 6.92 Å². The molecule has 0 aromatic rings. The smallest absolute Gasteiger partial charge is 0.185 e. The van der Waals surface area contributed by atoms with Crippen molar-refractivity contribution in [2.75, 3.05) is 13.2 Å². The normalized spacial score (nSPS) is 29.3. The molecule has 180 valence electrons. The lowest BCUT2D eigenvalue weighted by Crippen LogP contribution is -2.66. The van der Waals surface area contributed by atoms with Gasteiger partial charge in [-0.3, -0.25) is 0 Å². The quantitative estimate of drug-likeness (QED) is 0.364. The highest BCUT2D eigenvalue weighted by atomic mass is 28.4. The van der Waals surface area contributed by atoms with E-state index in [0.717, 1.165) is 0 Å². The summed E-state index contributed by atoms with van der Waals surface area (Å²) in [7, 11) is -7.37. The summed E-state index contributed by atoms with van der Waals surface area (Å²) >= 11 is 0. The Hall–Kier alpha value is 0.628. The van der Waals surface area contributed by atoms with Crippen LogP contribution in [0.25, 0.3) is 0 Å². The summed E-state index contributed by atoms with van der Waals surface area (Å²) in [5.41, 5.74) is 0. The maximum absolute atomic E-state index is 6.76. The van der Waals surface area contributed by atoms with Crippen molar-refractivity contribution in [3.8, 4) is 0 Å². The van der Waals surface area contributed by atoms with Crippen molar-refractivity contribution < 1.29 is 27.2 Å². The lowest BCUT2D eigenvalue weighted by molar-refractivity contribution is -0.289. The second-order valence-corrected chi connectivity index (χ2v) is 29.9. The summed E-state index contributed by atoms with van der Waals surface area (Å²) in [6.45, 7) is 29.4. The van der Waals surface area contributed by atoms with Crippen LogP contribution < -0.4 is 0 Å². The average molecular weight is 497 g/mol. The van der Waals surface area contributed by atoms with Crippen molar-refractivity contribution >= 4 is 33.3 Å². The molecular weight excluding hydrogens is 449 g/mol. The van der Waals surface area contributed by atoms with Gasteiger partial charge in [0.25, 0.3) is 0 Å². The van der Waals surface area contributed by atoms with E-state index in [4.69, 9.17) is 27.2 Å². The Kier molecular flexibility index (Phi) is 10.2. The first-order valence-electron chi connectivity index (χ1n) is 11.3. The maximum Gasteiger partial charge on any atom is 0.185 e. The molecule has 0 spiro atoms. The van der Waals surface area contributed by atoms with Gasteiger partial charge in [0.2, 0.25) is 0 Å². The molecule has 5 unspecified atom stereocenters. The molecule has 1 aliphatic rings. The minimum absolute atomic E-state index is 0.238. The number of ether oxygens (including phenoxy) is 2. The topological polar surface area (TPSA) is 55.4 Å². The molecule has 5 atom stereocenters. The molecule has 0 saturated carbocycles. The maximum atomic E-state index is 6.76. The van der Waals surface area contributed by atoms with Gasteiger partial charge in [0.05, 0.1) is 6.61 Å². The van der Waals surface area contributed by atoms with E-state index in [1.165, 1.54) is 0 Å². The molecule has 30 heavy (non-hydrogen) atoms. The molecular formula is C20H48O6Si4. The fourth-order valence-corrected chi connectivity index (χ4v) is 7.18. The van der Waals surface area contributed by atoms with E-state index in [-0.39, 0.29) is 24.4 Å². The number of rotatable bonds is 11. The van der Waals surface area contributed by atoms with Crippen LogP contribution in [0.2, 0.25) is 78.6 Å². The number of hydrogen-bond acceptors (Lipinski definition) is 6. The molecule has 0 aliphatic carbocycles. The second-order valence-electron chi connectivity index (χ2n) is 12.0. The van der Waals surface area contributed by atoms with Crippen molar-refractivity contribution in [2.24, 2.45) is 0 Å². The van der Waals surface area contributed by atoms with E-state index in [9.17, 15) is 0 Å². The van der Waals surface area contributed by atoms with Crippen molar-refractivity contribution in [2.45, 2.75) is 116 Å². The van der Waals surface area contributed by atoms with E-state index in [1.807, 2.05) is 6.92 Å². The third-order valence-corrected chi connectivity index (χ3v) is 8.04. The van der Waals surface area contributed by atoms with E-state index >= 15 is 0 Å². The molecule has 0 radical (unpaired) electrons. The third kappa shape index (κ3) is 11.0. The van der Waals surface area contributed by atoms with Crippen molar-refractivity contribution in [3.05, 3.63) is 0 Å². The van der Waals surface area contributed by atoms with Crippen LogP contribution in [0.15, 0.2) is 0 Å². The summed E-state index contributed by atoms with van der Waals surface area (Å²) in [5, 5.41) is 0. The molecule has 1 rings (SSSR count). The first-order chi connectivity index (χ1) is 13.3. The van der Waals surface area contributed by atoms with Crippen LogP contribution in [0.3, 0.4) is 0 Å². The molecule has 0 bridgehead atoms. The van der Waals surface area contributed by atoms with Crippen LogP contribution >= 0.6 is 0 Å². The predicted octanol–water partition coefficient (Wildman–Crippen LogP) is 5.26. The van der Waals surface area contributed by atoms with E-state index in [1.54, 1.807) is 0 Å². The fourth-order valence-electron chi connectivity index (χ4n) is 3.27. The Morgan fingerprint density at radius 1 is 0.600 bits per heavy atom. The highest BCUT2D eigenvalue weighted by Gasteiger charge is 2.52. The Bertz CT molecular complexity index is 521. The summed E-state index contributed by atoms with van der Waals surface area (Å²) in [4.78, 5) is 0. The van der Waals surface area contributed by atoms with Crippen molar-refractivity contribution in [1.29, 1.82) is 0 Å². The highest BCUT2D eigenvalue weighted by molar-refractivity contribution is 6.71. The molecule has 6 nitrogen and oxygen atoms in total. The Morgan fingerprint density at radius 3 is 1.43 bits per heavy atom. The molecule has 1 heterocycles. The van der Waals surface area contributed by atoms with Gasteiger partial charge in [0.15, 0.2) is 39.6 Å². The molecule has 0 aromatic heterocycles. The summed E-state index contributed by atoms with van der Waals surface area (Å²) in [5.74, 6) is 0. The van der Waals surface area contributed by atoms with Gasteiger partial charge in [0, 0.05) is 6.61 Å². The first-order valence-corrected chi connectivity index (χ1v) is 24.9. The van der Waals surface area contributed by atoms with Gasteiger partial charge in [-0.2, -0.15) is 0 Å². The molecule has 1 fully saturated rings. The Balaban J connectivity index is 3.39. The van der Waals surface area contributed by atoms with Gasteiger partial charge in [-0.25, -0.2) is 0 Å². The van der Waals surface area contributed by atoms with Crippen molar-refractivity contribution in [3.63, 3.8) is 0 Å². The summed E-state index contributed by atoms with van der Waals surface area (Å²) in [6, 6.07) is 0. The zero-order valence-corrected chi connectivity index (χ0v) is 25.8. The second kappa shape index (κ2) is 10.7. The largest absolute Gasteiger partial charge is 0.415 e. The molecule has 0 N–H and O–H groups in total.